The second kappa shape index (κ2) is 7.87. The van der Waals surface area contributed by atoms with E-state index < -0.39 is 21.9 Å². The lowest BCUT2D eigenvalue weighted by Crippen LogP contribution is -2.25. The average molecular weight is 403 g/mol. The van der Waals surface area contributed by atoms with Gasteiger partial charge in [-0.1, -0.05) is 51.1 Å². The Labute approximate surface area is 166 Å². The minimum absolute atomic E-state index is 0.0260. The van der Waals surface area contributed by atoms with E-state index in [0.717, 1.165) is 11.8 Å². The number of esters is 1. The normalized spacial score (nSPS) is 13.1. The first-order chi connectivity index (χ1) is 12.8. The summed E-state index contributed by atoms with van der Waals surface area (Å²) in [6.07, 6.45) is 0.0782. The molecule has 0 fully saturated rings. The van der Waals surface area contributed by atoms with Crippen LogP contribution in [0.1, 0.15) is 59.5 Å². The number of ketones is 1. The molecule has 0 heterocycles. The highest BCUT2D eigenvalue weighted by Crippen LogP contribution is 2.23. The van der Waals surface area contributed by atoms with Gasteiger partial charge in [0.2, 0.25) is 5.78 Å². The fourth-order valence-corrected chi connectivity index (χ4v) is 3.35. The number of aryl methyl sites for hydroxylation is 1. The van der Waals surface area contributed by atoms with Crippen molar-refractivity contribution in [2.45, 2.75) is 51.0 Å². The molecule has 0 spiro atoms. The van der Waals surface area contributed by atoms with Gasteiger partial charge in [-0.3, -0.25) is 4.79 Å². The van der Waals surface area contributed by atoms with Gasteiger partial charge in [0, 0.05) is 11.8 Å². The van der Waals surface area contributed by atoms with E-state index in [9.17, 15) is 18.0 Å². The van der Waals surface area contributed by atoms with E-state index in [4.69, 9.17) is 4.74 Å². The van der Waals surface area contributed by atoms with Crippen LogP contribution < -0.4 is 0 Å². The number of sulfone groups is 1. The fourth-order valence-electron chi connectivity index (χ4n) is 2.70. The summed E-state index contributed by atoms with van der Waals surface area (Å²) in [5.74, 6) is -1.04. The van der Waals surface area contributed by atoms with E-state index in [0.29, 0.717) is 11.1 Å². The monoisotopic (exact) mass is 402 g/mol. The van der Waals surface area contributed by atoms with Gasteiger partial charge in [0.15, 0.2) is 15.9 Å². The van der Waals surface area contributed by atoms with Gasteiger partial charge < -0.3 is 4.74 Å². The zero-order chi connectivity index (χ0) is 21.3. The molecule has 28 heavy (non-hydrogen) atoms. The van der Waals surface area contributed by atoms with Crippen LogP contribution in [-0.2, 0) is 20.0 Å². The van der Waals surface area contributed by atoms with Gasteiger partial charge >= 0.3 is 5.97 Å². The number of benzene rings is 2. The smallest absolute Gasteiger partial charge is 0.339 e. The van der Waals surface area contributed by atoms with E-state index in [-0.39, 0.29) is 21.7 Å². The van der Waals surface area contributed by atoms with Crippen LogP contribution >= 0.6 is 0 Å². The molecular formula is C22H26O5S. The maximum atomic E-state index is 12.6. The number of hydrogen-bond donors (Lipinski definition) is 0. The summed E-state index contributed by atoms with van der Waals surface area (Å²) in [6.45, 7) is 9.44. The molecule has 0 saturated heterocycles. The summed E-state index contributed by atoms with van der Waals surface area (Å²) >= 11 is 0. The molecule has 0 N–H and O–H groups in total. The third kappa shape index (κ3) is 5.07. The molecule has 0 aromatic heterocycles. The van der Waals surface area contributed by atoms with Crippen molar-refractivity contribution in [1.82, 2.24) is 0 Å². The Bertz CT molecular complexity index is 996. The number of hydrogen-bond acceptors (Lipinski definition) is 5. The molecule has 6 heteroatoms. The highest BCUT2D eigenvalue weighted by atomic mass is 32.2. The third-order valence-electron chi connectivity index (χ3n) is 4.55. The van der Waals surface area contributed by atoms with Gasteiger partial charge in [-0.25, -0.2) is 13.2 Å². The quantitative estimate of drug-likeness (QED) is 0.555. The molecule has 150 valence electrons. The molecule has 2 rings (SSSR count). The molecule has 0 radical (unpaired) electrons. The SMILES string of the molecule is Cc1ccc(S(C)(=O)=O)cc1C(=O)O[C@H](C)C(=O)c1ccc(C(C)(C)C)cc1. The number of Topliss-reactive ketones (excluding diaryl/α,β-unsaturated/α-hetero) is 1. The summed E-state index contributed by atoms with van der Waals surface area (Å²) < 4.78 is 28.8. The first kappa shape index (κ1) is 21.8. The second-order valence-electron chi connectivity index (χ2n) is 7.99. The van der Waals surface area contributed by atoms with Crippen molar-refractivity contribution in [3.8, 4) is 0 Å². The zero-order valence-corrected chi connectivity index (χ0v) is 17.9. The molecule has 0 aliphatic carbocycles. The Kier molecular flexibility index (Phi) is 6.14. The minimum atomic E-state index is -3.45. The fraction of sp³-hybridized carbons (Fsp3) is 0.364. The summed E-state index contributed by atoms with van der Waals surface area (Å²) in [5.41, 5.74) is 2.23. The Morgan fingerprint density at radius 1 is 1.00 bits per heavy atom. The second-order valence-corrected chi connectivity index (χ2v) is 10.0. The van der Waals surface area contributed by atoms with Gasteiger partial charge in [0.25, 0.3) is 0 Å². The molecule has 0 aliphatic heterocycles. The van der Waals surface area contributed by atoms with Crippen molar-refractivity contribution in [3.05, 3.63) is 64.7 Å². The number of carbonyl (C=O) groups is 2. The van der Waals surface area contributed by atoms with Crippen molar-refractivity contribution < 1.29 is 22.7 Å². The predicted molar refractivity (Wildman–Crippen MR) is 109 cm³/mol. The maximum Gasteiger partial charge on any atom is 0.339 e. The zero-order valence-electron chi connectivity index (χ0n) is 17.1. The first-order valence-electron chi connectivity index (χ1n) is 8.97. The molecule has 0 saturated carbocycles. The first-order valence-corrected chi connectivity index (χ1v) is 10.9. The molecule has 1 atom stereocenters. The molecule has 0 unspecified atom stereocenters. The van der Waals surface area contributed by atoms with Crippen molar-refractivity contribution in [3.63, 3.8) is 0 Å². The van der Waals surface area contributed by atoms with Crippen LogP contribution in [0.5, 0.6) is 0 Å². The molecule has 0 bridgehead atoms. The van der Waals surface area contributed by atoms with Crippen LogP contribution in [0.3, 0.4) is 0 Å². The van der Waals surface area contributed by atoms with Crippen LogP contribution in [0.4, 0.5) is 0 Å². The average Bonchev–Trinajstić information content (AvgIpc) is 2.59. The van der Waals surface area contributed by atoms with Crippen LogP contribution in [-0.4, -0.2) is 32.5 Å². The van der Waals surface area contributed by atoms with E-state index in [1.807, 2.05) is 12.1 Å². The standard InChI is InChI=1S/C22H26O5S/c1-14-7-12-18(28(6,25)26)13-19(14)21(24)27-15(2)20(23)16-8-10-17(11-9-16)22(3,4)5/h7-13,15H,1-6H3/t15-/m1/s1. The molecule has 0 aliphatic rings. The lowest BCUT2D eigenvalue weighted by atomic mass is 9.86. The maximum absolute atomic E-state index is 12.6. The molecular weight excluding hydrogens is 376 g/mol. The third-order valence-corrected chi connectivity index (χ3v) is 5.66. The van der Waals surface area contributed by atoms with Crippen LogP contribution in [0.25, 0.3) is 0 Å². The van der Waals surface area contributed by atoms with E-state index in [1.165, 1.54) is 19.1 Å². The van der Waals surface area contributed by atoms with E-state index >= 15 is 0 Å². The molecule has 2 aromatic rings. The topological polar surface area (TPSA) is 77.5 Å². The lowest BCUT2D eigenvalue weighted by molar-refractivity contribution is 0.0318. The van der Waals surface area contributed by atoms with Gasteiger partial charge in [0.1, 0.15) is 0 Å². The largest absolute Gasteiger partial charge is 0.451 e. The molecule has 5 nitrogen and oxygen atoms in total. The van der Waals surface area contributed by atoms with Crippen LogP contribution in [0.15, 0.2) is 47.4 Å². The Balaban J connectivity index is 2.19. The lowest BCUT2D eigenvalue weighted by Gasteiger charge is -2.19. The number of rotatable bonds is 5. The van der Waals surface area contributed by atoms with Crippen molar-refractivity contribution >= 4 is 21.6 Å². The highest BCUT2D eigenvalue weighted by Gasteiger charge is 2.23. The van der Waals surface area contributed by atoms with Gasteiger partial charge in [0.05, 0.1) is 10.5 Å². The van der Waals surface area contributed by atoms with Crippen molar-refractivity contribution in [2.24, 2.45) is 0 Å². The number of carbonyl (C=O) groups excluding carboxylic acids is 2. The van der Waals surface area contributed by atoms with Crippen molar-refractivity contribution in [1.29, 1.82) is 0 Å². The summed E-state index contributed by atoms with van der Waals surface area (Å²) in [4.78, 5) is 25.1. The molecule has 0 amide bonds. The van der Waals surface area contributed by atoms with Crippen LogP contribution in [0.2, 0.25) is 0 Å². The van der Waals surface area contributed by atoms with E-state index in [1.54, 1.807) is 25.1 Å². The highest BCUT2D eigenvalue weighted by molar-refractivity contribution is 7.90. The molecule has 2 aromatic carbocycles. The minimum Gasteiger partial charge on any atom is -0.451 e. The van der Waals surface area contributed by atoms with Gasteiger partial charge in [-0.05, 0) is 42.5 Å². The van der Waals surface area contributed by atoms with Crippen LogP contribution in [0, 0.1) is 6.92 Å². The number of ether oxygens (including phenoxy) is 1. The van der Waals surface area contributed by atoms with Gasteiger partial charge in [-0.15, -0.1) is 0 Å². The Hall–Kier alpha value is -2.47. The Morgan fingerprint density at radius 3 is 2.07 bits per heavy atom. The predicted octanol–water partition coefficient (Wildman–Crippen LogP) is 4.12. The summed E-state index contributed by atoms with van der Waals surface area (Å²) in [6, 6.07) is 11.5. The van der Waals surface area contributed by atoms with E-state index in [2.05, 4.69) is 20.8 Å². The Morgan fingerprint density at radius 2 is 1.57 bits per heavy atom. The van der Waals surface area contributed by atoms with Crippen molar-refractivity contribution in [2.75, 3.05) is 6.26 Å². The van der Waals surface area contributed by atoms with Gasteiger partial charge in [-0.2, -0.15) is 0 Å². The summed E-state index contributed by atoms with van der Waals surface area (Å²) in [7, 11) is -3.45. The summed E-state index contributed by atoms with van der Waals surface area (Å²) in [5, 5.41) is 0.